The molecule has 1 aromatic heterocycles. The summed E-state index contributed by atoms with van der Waals surface area (Å²) in [4.78, 5) is 15.0. The third-order valence-corrected chi connectivity index (χ3v) is 2.44. The second-order valence-electron chi connectivity index (χ2n) is 3.41. The van der Waals surface area contributed by atoms with Crippen LogP contribution in [0, 0.1) is 0 Å². The highest BCUT2D eigenvalue weighted by molar-refractivity contribution is 6.30. The summed E-state index contributed by atoms with van der Waals surface area (Å²) in [5.74, 6) is 0.509. The van der Waals surface area contributed by atoms with E-state index in [9.17, 15) is 4.79 Å². The van der Waals surface area contributed by atoms with Crippen LogP contribution in [-0.4, -0.2) is 11.3 Å². The number of hydrogen-bond acceptors (Lipinski definition) is 3. The van der Waals surface area contributed by atoms with Gasteiger partial charge in [-0.05, 0) is 30.3 Å². The van der Waals surface area contributed by atoms with Gasteiger partial charge >= 0.3 is 0 Å². The Bertz CT molecular complexity index is 514. The van der Waals surface area contributed by atoms with Crippen LogP contribution >= 0.6 is 11.6 Å². The molecule has 0 saturated carbocycles. The van der Waals surface area contributed by atoms with Crippen LogP contribution in [0.15, 0.2) is 42.6 Å². The van der Waals surface area contributed by atoms with Gasteiger partial charge in [0.25, 0.3) is 0 Å². The molecular weight excluding hydrogens is 238 g/mol. The summed E-state index contributed by atoms with van der Waals surface area (Å²) in [5, 5.41) is 0.511. The van der Waals surface area contributed by atoms with Crippen LogP contribution in [0.2, 0.25) is 5.02 Å². The summed E-state index contributed by atoms with van der Waals surface area (Å²) < 4.78 is 5.52. The number of carbonyl (C=O) groups excluding carboxylic acids is 1. The third kappa shape index (κ3) is 3.04. The minimum atomic E-state index is 0.323. The molecule has 0 atom stereocenters. The Balaban J connectivity index is 2.11. The van der Waals surface area contributed by atoms with Gasteiger partial charge in [0.05, 0.1) is 11.3 Å². The number of halogens is 1. The van der Waals surface area contributed by atoms with Crippen molar-refractivity contribution in [2.45, 2.75) is 6.61 Å². The highest BCUT2D eigenvalue weighted by atomic mass is 35.5. The van der Waals surface area contributed by atoms with Crippen LogP contribution in [0.3, 0.4) is 0 Å². The fourth-order valence-electron chi connectivity index (χ4n) is 1.38. The van der Waals surface area contributed by atoms with Gasteiger partial charge in [0, 0.05) is 11.2 Å². The molecule has 0 unspecified atom stereocenters. The summed E-state index contributed by atoms with van der Waals surface area (Å²) in [7, 11) is 0. The van der Waals surface area contributed by atoms with Gasteiger partial charge in [-0.3, -0.25) is 9.78 Å². The van der Waals surface area contributed by atoms with Gasteiger partial charge in [-0.25, -0.2) is 0 Å². The van der Waals surface area contributed by atoms with Crippen LogP contribution in [0.4, 0.5) is 0 Å². The maximum absolute atomic E-state index is 10.8. The van der Waals surface area contributed by atoms with E-state index in [0.717, 1.165) is 12.0 Å². The standard InChI is InChI=1S/C13H10ClNO2/c14-11-4-5-13(10(7-11)8-16)17-9-12-3-1-2-6-15-12/h1-8H,9H2. The first-order chi connectivity index (χ1) is 8.29. The molecule has 0 aliphatic heterocycles. The second kappa shape index (κ2) is 5.46. The number of benzene rings is 1. The lowest BCUT2D eigenvalue weighted by atomic mass is 10.2. The zero-order chi connectivity index (χ0) is 12.1. The molecule has 3 nitrogen and oxygen atoms in total. The Morgan fingerprint density at radius 2 is 2.18 bits per heavy atom. The molecule has 1 heterocycles. The van der Waals surface area contributed by atoms with E-state index < -0.39 is 0 Å². The van der Waals surface area contributed by atoms with Crippen molar-refractivity contribution >= 4 is 17.9 Å². The van der Waals surface area contributed by atoms with E-state index in [0.29, 0.717) is 22.9 Å². The zero-order valence-electron chi connectivity index (χ0n) is 8.97. The minimum Gasteiger partial charge on any atom is -0.487 e. The Kier molecular flexibility index (Phi) is 3.73. The highest BCUT2D eigenvalue weighted by Crippen LogP contribution is 2.21. The molecule has 17 heavy (non-hydrogen) atoms. The van der Waals surface area contributed by atoms with Crippen molar-refractivity contribution in [1.29, 1.82) is 0 Å². The van der Waals surface area contributed by atoms with Gasteiger partial charge in [0.2, 0.25) is 0 Å². The smallest absolute Gasteiger partial charge is 0.153 e. The highest BCUT2D eigenvalue weighted by Gasteiger charge is 2.04. The normalized spacial score (nSPS) is 9.94. The van der Waals surface area contributed by atoms with Crippen molar-refractivity contribution in [2.24, 2.45) is 0 Å². The molecule has 4 heteroatoms. The zero-order valence-corrected chi connectivity index (χ0v) is 9.72. The van der Waals surface area contributed by atoms with Crippen molar-refractivity contribution in [3.05, 3.63) is 58.9 Å². The van der Waals surface area contributed by atoms with Crippen LogP contribution in [0.25, 0.3) is 0 Å². The number of aldehydes is 1. The third-order valence-electron chi connectivity index (χ3n) is 2.20. The molecule has 2 aromatic rings. The van der Waals surface area contributed by atoms with Crippen LogP contribution in [0.1, 0.15) is 16.1 Å². The number of carbonyl (C=O) groups is 1. The summed E-state index contributed by atoms with van der Waals surface area (Å²) in [5.41, 5.74) is 1.24. The molecule has 0 bridgehead atoms. The van der Waals surface area contributed by atoms with Crippen LogP contribution in [-0.2, 0) is 6.61 Å². The number of nitrogens with zero attached hydrogens (tertiary/aromatic N) is 1. The first kappa shape index (κ1) is 11.6. The van der Waals surface area contributed by atoms with Crippen molar-refractivity contribution in [3.8, 4) is 5.75 Å². The summed E-state index contributed by atoms with van der Waals surface area (Å²) in [6, 6.07) is 10.5. The molecule has 1 aromatic carbocycles. The van der Waals surface area contributed by atoms with Gasteiger partial charge in [0.1, 0.15) is 12.4 Å². The fraction of sp³-hybridized carbons (Fsp3) is 0.0769. The molecule has 0 fully saturated rings. The largest absolute Gasteiger partial charge is 0.487 e. The lowest BCUT2D eigenvalue weighted by Crippen LogP contribution is -1.99. The summed E-state index contributed by atoms with van der Waals surface area (Å²) in [6.45, 7) is 0.323. The first-order valence-electron chi connectivity index (χ1n) is 5.07. The van der Waals surface area contributed by atoms with Gasteiger partial charge in [-0.2, -0.15) is 0 Å². The maximum atomic E-state index is 10.8. The number of rotatable bonds is 4. The lowest BCUT2D eigenvalue weighted by molar-refractivity contribution is 0.111. The number of aromatic nitrogens is 1. The SMILES string of the molecule is O=Cc1cc(Cl)ccc1OCc1ccccn1. The van der Waals surface area contributed by atoms with E-state index in [1.54, 1.807) is 24.4 Å². The predicted octanol–water partition coefficient (Wildman–Crippen LogP) is 3.13. The molecule has 0 radical (unpaired) electrons. The lowest BCUT2D eigenvalue weighted by Gasteiger charge is -2.07. The van der Waals surface area contributed by atoms with E-state index in [1.165, 1.54) is 0 Å². The second-order valence-corrected chi connectivity index (χ2v) is 3.85. The molecule has 86 valence electrons. The van der Waals surface area contributed by atoms with E-state index in [4.69, 9.17) is 16.3 Å². The molecule has 0 aliphatic rings. The van der Waals surface area contributed by atoms with Crippen LogP contribution < -0.4 is 4.74 Å². The predicted molar refractivity (Wildman–Crippen MR) is 65.4 cm³/mol. The molecule has 0 saturated heterocycles. The molecule has 0 N–H and O–H groups in total. The number of pyridine rings is 1. The minimum absolute atomic E-state index is 0.323. The fourth-order valence-corrected chi connectivity index (χ4v) is 1.56. The Labute approximate surface area is 104 Å². The van der Waals surface area contributed by atoms with Crippen molar-refractivity contribution < 1.29 is 9.53 Å². The van der Waals surface area contributed by atoms with E-state index in [2.05, 4.69) is 4.98 Å². The van der Waals surface area contributed by atoms with E-state index in [1.807, 2.05) is 18.2 Å². The monoisotopic (exact) mass is 247 g/mol. The van der Waals surface area contributed by atoms with Gasteiger partial charge in [0.15, 0.2) is 6.29 Å². The number of hydrogen-bond donors (Lipinski definition) is 0. The average molecular weight is 248 g/mol. The van der Waals surface area contributed by atoms with Gasteiger partial charge < -0.3 is 4.74 Å². The Hall–Kier alpha value is -1.87. The van der Waals surface area contributed by atoms with Crippen LogP contribution in [0.5, 0.6) is 5.75 Å². The maximum Gasteiger partial charge on any atom is 0.153 e. The van der Waals surface area contributed by atoms with Gasteiger partial charge in [-0.1, -0.05) is 17.7 Å². The van der Waals surface area contributed by atoms with Crippen molar-refractivity contribution in [1.82, 2.24) is 4.98 Å². The summed E-state index contributed by atoms with van der Waals surface area (Å²) >= 11 is 5.79. The van der Waals surface area contributed by atoms with Crippen molar-refractivity contribution in [2.75, 3.05) is 0 Å². The van der Waals surface area contributed by atoms with E-state index in [-0.39, 0.29) is 0 Å². The number of ether oxygens (including phenoxy) is 1. The molecule has 0 spiro atoms. The molecule has 0 amide bonds. The topological polar surface area (TPSA) is 39.2 Å². The quantitative estimate of drug-likeness (QED) is 0.780. The molecule has 0 aliphatic carbocycles. The molecule has 2 rings (SSSR count). The molecular formula is C13H10ClNO2. The van der Waals surface area contributed by atoms with Crippen molar-refractivity contribution in [3.63, 3.8) is 0 Å². The Morgan fingerprint density at radius 1 is 1.29 bits per heavy atom. The average Bonchev–Trinajstić information content (AvgIpc) is 2.38. The first-order valence-corrected chi connectivity index (χ1v) is 5.45. The van der Waals surface area contributed by atoms with E-state index >= 15 is 0 Å². The summed E-state index contributed by atoms with van der Waals surface area (Å²) in [6.07, 6.45) is 2.42. The Morgan fingerprint density at radius 3 is 2.88 bits per heavy atom. The van der Waals surface area contributed by atoms with Gasteiger partial charge in [-0.15, -0.1) is 0 Å².